The van der Waals surface area contributed by atoms with Crippen LogP contribution in [0.25, 0.3) is 11.0 Å². The lowest BCUT2D eigenvalue weighted by molar-refractivity contribution is 0.349. The Morgan fingerprint density at radius 1 is 1.32 bits per heavy atom. The van der Waals surface area contributed by atoms with Gasteiger partial charge in [-0.15, -0.1) is 0 Å². The molecule has 0 amide bonds. The van der Waals surface area contributed by atoms with Crippen molar-refractivity contribution in [3.63, 3.8) is 0 Å². The van der Waals surface area contributed by atoms with E-state index in [1.54, 1.807) is 0 Å². The Balaban J connectivity index is 1.91. The molecule has 1 heterocycles. The molecule has 0 aliphatic heterocycles. The number of nitrogens with zero attached hydrogens (tertiary/aromatic N) is 3. The number of aromatic nitrogens is 2. The molecule has 0 saturated heterocycles. The Labute approximate surface area is 113 Å². The number of hydrogen-bond acceptors (Lipinski definition) is 2. The van der Waals surface area contributed by atoms with E-state index in [2.05, 4.69) is 17.7 Å². The number of benzene rings is 1. The molecule has 98 valence electrons. The predicted molar refractivity (Wildman–Crippen MR) is 75.7 cm³/mol. The van der Waals surface area contributed by atoms with Crippen molar-refractivity contribution in [1.29, 1.82) is 5.26 Å². The third-order valence-electron chi connectivity index (χ3n) is 4.30. The minimum absolute atomic E-state index is 0.690. The molecule has 1 fully saturated rings. The number of aryl methyl sites for hydroxylation is 1. The van der Waals surface area contributed by atoms with Crippen LogP contribution in [0, 0.1) is 17.2 Å². The van der Waals surface area contributed by atoms with Crippen LogP contribution in [-0.4, -0.2) is 9.55 Å². The molecule has 1 saturated carbocycles. The Morgan fingerprint density at radius 3 is 2.84 bits per heavy atom. The van der Waals surface area contributed by atoms with Gasteiger partial charge in [-0.25, -0.2) is 4.98 Å². The lowest BCUT2D eigenvalue weighted by Crippen LogP contribution is -2.12. The number of hydrogen-bond donors (Lipinski definition) is 0. The molecule has 0 unspecified atom stereocenters. The smallest absolute Gasteiger partial charge is 0.109 e. The summed E-state index contributed by atoms with van der Waals surface area (Å²) in [7, 11) is 2.08. The minimum atomic E-state index is 0.690. The predicted octanol–water partition coefficient (Wildman–Crippen LogP) is 3.57. The summed E-state index contributed by atoms with van der Waals surface area (Å²) in [4.78, 5) is 4.73. The standard InChI is InChI=1S/C16H19N3/c1-19-15-8-7-13(11-17)9-14(15)18-16(19)10-12-5-3-2-4-6-12/h7-9,12H,2-6,10H2,1H3. The molecule has 0 bridgehead atoms. The first-order valence-electron chi connectivity index (χ1n) is 7.13. The van der Waals surface area contributed by atoms with Crippen molar-refractivity contribution >= 4 is 11.0 Å². The van der Waals surface area contributed by atoms with Gasteiger partial charge in [0.25, 0.3) is 0 Å². The van der Waals surface area contributed by atoms with E-state index in [-0.39, 0.29) is 0 Å². The highest BCUT2D eigenvalue weighted by Crippen LogP contribution is 2.27. The normalized spacial score (nSPS) is 16.6. The molecular weight excluding hydrogens is 234 g/mol. The van der Waals surface area contributed by atoms with Crippen LogP contribution in [0.5, 0.6) is 0 Å². The third-order valence-corrected chi connectivity index (χ3v) is 4.30. The van der Waals surface area contributed by atoms with E-state index in [0.29, 0.717) is 5.56 Å². The average molecular weight is 253 g/mol. The van der Waals surface area contributed by atoms with Crippen LogP contribution in [0.15, 0.2) is 18.2 Å². The molecule has 1 aromatic heterocycles. The Hall–Kier alpha value is -1.82. The molecule has 1 aliphatic rings. The van der Waals surface area contributed by atoms with Crippen LogP contribution >= 0.6 is 0 Å². The summed E-state index contributed by atoms with van der Waals surface area (Å²) >= 11 is 0. The van der Waals surface area contributed by atoms with E-state index in [1.165, 1.54) is 32.1 Å². The summed E-state index contributed by atoms with van der Waals surface area (Å²) < 4.78 is 2.19. The van der Waals surface area contributed by atoms with Crippen LogP contribution < -0.4 is 0 Å². The van der Waals surface area contributed by atoms with Crippen molar-refractivity contribution in [3.8, 4) is 6.07 Å². The van der Waals surface area contributed by atoms with E-state index in [1.807, 2.05) is 18.2 Å². The van der Waals surface area contributed by atoms with Crippen LogP contribution in [-0.2, 0) is 13.5 Å². The first-order valence-corrected chi connectivity index (χ1v) is 7.13. The zero-order valence-corrected chi connectivity index (χ0v) is 11.4. The molecule has 3 rings (SSSR count). The van der Waals surface area contributed by atoms with Crippen LogP contribution in [0.2, 0.25) is 0 Å². The maximum absolute atomic E-state index is 8.95. The molecule has 2 aromatic rings. The summed E-state index contributed by atoms with van der Waals surface area (Å²) in [6, 6.07) is 7.94. The summed E-state index contributed by atoms with van der Waals surface area (Å²) in [6.45, 7) is 0. The Morgan fingerprint density at radius 2 is 2.11 bits per heavy atom. The Kier molecular flexibility index (Phi) is 3.25. The van der Waals surface area contributed by atoms with Gasteiger partial charge in [-0.3, -0.25) is 0 Å². The highest BCUT2D eigenvalue weighted by molar-refractivity contribution is 5.77. The lowest BCUT2D eigenvalue weighted by atomic mass is 9.87. The third kappa shape index (κ3) is 2.35. The zero-order chi connectivity index (χ0) is 13.2. The zero-order valence-electron chi connectivity index (χ0n) is 11.4. The maximum atomic E-state index is 8.95. The number of fused-ring (bicyclic) bond motifs is 1. The average Bonchev–Trinajstić information content (AvgIpc) is 2.76. The molecular formula is C16H19N3. The number of nitriles is 1. The first kappa shape index (κ1) is 12.2. The van der Waals surface area contributed by atoms with Gasteiger partial charge < -0.3 is 4.57 Å². The van der Waals surface area contributed by atoms with Gasteiger partial charge in [-0.1, -0.05) is 32.1 Å². The van der Waals surface area contributed by atoms with E-state index < -0.39 is 0 Å². The summed E-state index contributed by atoms with van der Waals surface area (Å²) in [5.74, 6) is 1.96. The van der Waals surface area contributed by atoms with Gasteiger partial charge in [-0.05, 0) is 24.1 Å². The largest absolute Gasteiger partial charge is 0.331 e. The van der Waals surface area contributed by atoms with Crippen molar-refractivity contribution in [1.82, 2.24) is 9.55 Å². The lowest BCUT2D eigenvalue weighted by Gasteiger charge is -2.20. The molecule has 0 spiro atoms. The fraction of sp³-hybridized carbons (Fsp3) is 0.500. The quantitative estimate of drug-likeness (QED) is 0.821. The summed E-state index contributed by atoms with van der Waals surface area (Å²) in [5, 5.41) is 8.95. The highest BCUT2D eigenvalue weighted by atomic mass is 15.1. The fourth-order valence-corrected chi connectivity index (χ4v) is 3.15. The minimum Gasteiger partial charge on any atom is -0.331 e. The van der Waals surface area contributed by atoms with Crippen molar-refractivity contribution in [2.45, 2.75) is 38.5 Å². The monoisotopic (exact) mass is 253 g/mol. The molecule has 0 N–H and O–H groups in total. The fourth-order valence-electron chi connectivity index (χ4n) is 3.15. The van der Waals surface area contributed by atoms with Gasteiger partial charge in [0.15, 0.2) is 0 Å². The first-order chi connectivity index (χ1) is 9.28. The molecule has 0 atom stereocenters. The highest BCUT2D eigenvalue weighted by Gasteiger charge is 2.17. The van der Waals surface area contributed by atoms with Crippen LogP contribution in [0.1, 0.15) is 43.5 Å². The van der Waals surface area contributed by atoms with E-state index in [9.17, 15) is 0 Å². The molecule has 1 aromatic carbocycles. The topological polar surface area (TPSA) is 41.6 Å². The van der Waals surface area contributed by atoms with Gasteiger partial charge >= 0.3 is 0 Å². The number of imidazole rings is 1. The van der Waals surface area contributed by atoms with Gasteiger partial charge in [0.05, 0.1) is 22.7 Å². The molecule has 3 heteroatoms. The van der Waals surface area contributed by atoms with Gasteiger partial charge in [0.1, 0.15) is 5.82 Å². The second-order valence-electron chi connectivity index (χ2n) is 5.61. The summed E-state index contributed by atoms with van der Waals surface area (Å²) in [6.07, 6.45) is 7.89. The second kappa shape index (κ2) is 5.05. The second-order valence-corrected chi connectivity index (χ2v) is 5.61. The molecule has 0 radical (unpaired) electrons. The molecule has 3 nitrogen and oxygen atoms in total. The maximum Gasteiger partial charge on any atom is 0.109 e. The van der Waals surface area contributed by atoms with E-state index >= 15 is 0 Å². The summed E-state index contributed by atoms with van der Waals surface area (Å²) in [5.41, 5.74) is 2.77. The van der Waals surface area contributed by atoms with Crippen molar-refractivity contribution in [2.75, 3.05) is 0 Å². The van der Waals surface area contributed by atoms with Gasteiger partial charge in [0.2, 0.25) is 0 Å². The number of rotatable bonds is 2. The van der Waals surface area contributed by atoms with Gasteiger partial charge in [0, 0.05) is 13.5 Å². The van der Waals surface area contributed by atoms with E-state index in [4.69, 9.17) is 10.2 Å². The van der Waals surface area contributed by atoms with Crippen molar-refractivity contribution in [2.24, 2.45) is 13.0 Å². The Bertz CT molecular complexity index is 627. The van der Waals surface area contributed by atoms with Gasteiger partial charge in [-0.2, -0.15) is 5.26 Å². The molecule has 19 heavy (non-hydrogen) atoms. The van der Waals surface area contributed by atoms with Crippen LogP contribution in [0.4, 0.5) is 0 Å². The van der Waals surface area contributed by atoms with Crippen molar-refractivity contribution in [3.05, 3.63) is 29.6 Å². The van der Waals surface area contributed by atoms with E-state index in [0.717, 1.165) is 29.2 Å². The SMILES string of the molecule is Cn1c(CC2CCCCC2)nc2cc(C#N)ccc21. The van der Waals surface area contributed by atoms with Crippen molar-refractivity contribution < 1.29 is 0 Å². The van der Waals surface area contributed by atoms with Crippen LogP contribution in [0.3, 0.4) is 0 Å². The molecule has 1 aliphatic carbocycles.